The number of amides is 2. The Morgan fingerprint density at radius 2 is 1.86 bits per heavy atom. The van der Waals surface area contributed by atoms with Gasteiger partial charge in [-0.1, -0.05) is 38.1 Å². The molecule has 3 rings (SSSR count). The van der Waals surface area contributed by atoms with Gasteiger partial charge in [-0.25, -0.2) is 13.2 Å². The molecule has 2 aromatic carbocycles. The number of hydrogen-bond acceptors (Lipinski definition) is 4. The van der Waals surface area contributed by atoms with Gasteiger partial charge in [0, 0.05) is 30.1 Å². The zero-order valence-electron chi connectivity index (χ0n) is 16.2. The number of carbonyl (C=O) groups is 1. The molecule has 148 valence electrons. The molecule has 0 spiro atoms. The highest BCUT2D eigenvalue weighted by Crippen LogP contribution is 2.27. The van der Waals surface area contributed by atoms with Crippen molar-refractivity contribution in [2.75, 3.05) is 18.1 Å². The topological polar surface area (TPSA) is 79.6 Å². The lowest BCUT2D eigenvalue weighted by Gasteiger charge is -2.18. The number of hydrogen-bond donors (Lipinski definition) is 1. The lowest BCUT2D eigenvalue weighted by Crippen LogP contribution is -2.31. The first-order valence-corrected chi connectivity index (χ1v) is 10.8. The summed E-state index contributed by atoms with van der Waals surface area (Å²) in [6, 6.07) is 13.7. The summed E-state index contributed by atoms with van der Waals surface area (Å²) in [7, 11) is -1.63. The Hall–Kier alpha value is -2.80. The van der Waals surface area contributed by atoms with Crippen molar-refractivity contribution >= 4 is 32.5 Å². The molecular weight excluding hydrogens is 376 g/mol. The van der Waals surface area contributed by atoms with Gasteiger partial charge in [0.2, 0.25) is 0 Å². The molecule has 1 N–H and O–H groups in total. The van der Waals surface area contributed by atoms with Gasteiger partial charge in [-0.2, -0.15) is 0 Å². The van der Waals surface area contributed by atoms with Crippen LogP contribution in [0.4, 0.5) is 10.5 Å². The number of nitrogens with zero attached hydrogens (tertiary/aromatic N) is 1. The van der Waals surface area contributed by atoms with Gasteiger partial charge in [-0.15, -0.1) is 0 Å². The van der Waals surface area contributed by atoms with E-state index in [0.717, 1.165) is 28.7 Å². The predicted octanol–water partition coefficient (Wildman–Crippen LogP) is 4.45. The number of fused-ring (bicyclic) bond motifs is 1. The summed E-state index contributed by atoms with van der Waals surface area (Å²) < 4.78 is 30.0. The Morgan fingerprint density at radius 1 is 1.11 bits per heavy atom. The van der Waals surface area contributed by atoms with Crippen molar-refractivity contribution in [2.45, 2.75) is 31.7 Å². The highest BCUT2D eigenvalue weighted by atomic mass is 32.2. The van der Waals surface area contributed by atoms with Crippen molar-refractivity contribution in [1.29, 1.82) is 0 Å². The molecule has 0 aliphatic rings. The molecule has 3 aromatic rings. The number of aryl methyl sites for hydroxylation is 1. The van der Waals surface area contributed by atoms with E-state index >= 15 is 0 Å². The van der Waals surface area contributed by atoms with Gasteiger partial charge in [-0.3, -0.25) is 0 Å². The number of anilines is 1. The second kappa shape index (κ2) is 8.06. The number of rotatable bonds is 6. The fourth-order valence-corrected chi connectivity index (χ4v) is 4.00. The van der Waals surface area contributed by atoms with E-state index in [1.54, 1.807) is 31.0 Å². The number of para-hydroxylation sites is 1. The summed E-state index contributed by atoms with van der Waals surface area (Å²) in [5, 5.41) is 3.76. The van der Waals surface area contributed by atoms with Crippen LogP contribution in [0.2, 0.25) is 0 Å². The Balaban J connectivity index is 1.79. The minimum absolute atomic E-state index is 0.0116. The zero-order valence-corrected chi connectivity index (χ0v) is 17.0. The maximum atomic E-state index is 12.6. The van der Waals surface area contributed by atoms with Crippen LogP contribution in [0.1, 0.15) is 25.2 Å². The SMILES string of the molecule is CCc1oc2ccccc2c1CN(C)C(=O)Nc1cccc(S(=O)(=O)CC)c1. The summed E-state index contributed by atoms with van der Waals surface area (Å²) in [4.78, 5) is 14.4. The van der Waals surface area contributed by atoms with E-state index in [0.29, 0.717) is 12.2 Å². The van der Waals surface area contributed by atoms with Crippen molar-refractivity contribution < 1.29 is 17.6 Å². The lowest BCUT2D eigenvalue weighted by molar-refractivity contribution is 0.220. The first-order valence-electron chi connectivity index (χ1n) is 9.20. The molecule has 28 heavy (non-hydrogen) atoms. The summed E-state index contributed by atoms with van der Waals surface area (Å²) in [5.74, 6) is 0.870. The van der Waals surface area contributed by atoms with Gasteiger partial charge in [-0.05, 0) is 24.3 Å². The quantitative estimate of drug-likeness (QED) is 0.663. The van der Waals surface area contributed by atoms with Gasteiger partial charge in [0.15, 0.2) is 9.84 Å². The highest BCUT2D eigenvalue weighted by molar-refractivity contribution is 7.91. The highest BCUT2D eigenvalue weighted by Gasteiger charge is 2.18. The second-order valence-corrected chi connectivity index (χ2v) is 8.85. The molecule has 0 aliphatic carbocycles. The second-order valence-electron chi connectivity index (χ2n) is 6.57. The molecule has 0 aliphatic heterocycles. The number of sulfone groups is 1. The van der Waals surface area contributed by atoms with Crippen LogP contribution in [0.5, 0.6) is 0 Å². The van der Waals surface area contributed by atoms with Crippen LogP contribution in [0.25, 0.3) is 11.0 Å². The molecule has 0 radical (unpaired) electrons. The first kappa shape index (κ1) is 19.9. The third kappa shape index (κ3) is 4.04. The van der Waals surface area contributed by atoms with E-state index in [2.05, 4.69) is 5.32 Å². The van der Waals surface area contributed by atoms with Gasteiger partial charge < -0.3 is 14.6 Å². The fourth-order valence-electron chi connectivity index (χ4n) is 3.07. The smallest absolute Gasteiger partial charge is 0.321 e. The summed E-state index contributed by atoms with van der Waals surface area (Å²) in [6.45, 7) is 3.99. The Kier molecular flexibility index (Phi) is 5.74. The molecule has 2 amide bonds. The molecule has 1 heterocycles. The maximum absolute atomic E-state index is 12.6. The van der Waals surface area contributed by atoms with Crippen molar-refractivity contribution in [2.24, 2.45) is 0 Å². The fraction of sp³-hybridized carbons (Fsp3) is 0.286. The van der Waals surface area contributed by atoms with Crippen molar-refractivity contribution in [3.8, 4) is 0 Å². The number of furan rings is 1. The largest absolute Gasteiger partial charge is 0.461 e. The molecule has 1 aromatic heterocycles. The summed E-state index contributed by atoms with van der Waals surface area (Å²) >= 11 is 0. The minimum atomic E-state index is -3.33. The predicted molar refractivity (Wildman–Crippen MR) is 110 cm³/mol. The van der Waals surface area contributed by atoms with Crippen LogP contribution < -0.4 is 5.32 Å². The summed E-state index contributed by atoms with van der Waals surface area (Å²) in [6.07, 6.45) is 0.733. The average Bonchev–Trinajstić information content (AvgIpc) is 3.05. The third-order valence-electron chi connectivity index (χ3n) is 4.67. The van der Waals surface area contributed by atoms with E-state index in [-0.39, 0.29) is 16.7 Å². The van der Waals surface area contributed by atoms with Crippen LogP contribution >= 0.6 is 0 Å². The van der Waals surface area contributed by atoms with E-state index in [1.807, 2.05) is 31.2 Å². The molecule has 0 fully saturated rings. The molecule has 0 saturated carbocycles. The minimum Gasteiger partial charge on any atom is -0.461 e. The number of nitrogens with one attached hydrogen (secondary N) is 1. The van der Waals surface area contributed by atoms with Gasteiger partial charge in [0.25, 0.3) is 0 Å². The lowest BCUT2D eigenvalue weighted by atomic mass is 10.1. The van der Waals surface area contributed by atoms with E-state index in [1.165, 1.54) is 12.1 Å². The third-order valence-corrected chi connectivity index (χ3v) is 6.40. The molecular formula is C21H24N2O4S. The zero-order chi connectivity index (χ0) is 20.3. The van der Waals surface area contributed by atoms with E-state index in [9.17, 15) is 13.2 Å². The Morgan fingerprint density at radius 3 is 2.57 bits per heavy atom. The van der Waals surface area contributed by atoms with E-state index < -0.39 is 9.84 Å². The van der Waals surface area contributed by atoms with Crippen molar-refractivity contribution in [3.63, 3.8) is 0 Å². The molecule has 0 unspecified atom stereocenters. The van der Waals surface area contributed by atoms with Crippen molar-refractivity contribution in [1.82, 2.24) is 4.90 Å². The number of benzene rings is 2. The molecule has 0 atom stereocenters. The van der Waals surface area contributed by atoms with Crippen LogP contribution in [0.3, 0.4) is 0 Å². The monoisotopic (exact) mass is 400 g/mol. The summed E-state index contributed by atoms with van der Waals surface area (Å²) in [5.41, 5.74) is 2.23. The maximum Gasteiger partial charge on any atom is 0.321 e. The van der Waals surface area contributed by atoms with Crippen LogP contribution in [0.15, 0.2) is 57.8 Å². The molecule has 6 nitrogen and oxygen atoms in total. The molecule has 0 saturated heterocycles. The molecule has 7 heteroatoms. The van der Waals surface area contributed by atoms with E-state index in [4.69, 9.17) is 4.42 Å². The number of urea groups is 1. The van der Waals surface area contributed by atoms with Crippen LogP contribution in [-0.4, -0.2) is 32.1 Å². The van der Waals surface area contributed by atoms with Gasteiger partial charge in [0.05, 0.1) is 17.2 Å². The first-order chi connectivity index (χ1) is 13.4. The molecule has 0 bridgehead atoms. The Bertz CT molecular complexity index is 1100. The standard InChI is InChI=1S/C21H24N2O4S/c1-4-19-18(17-11-6-7-12-20(17)27-19)14-23(3)21(24)22-15-9-8-10-16(13-15)28(25,26)5-2/h6-13H,4-5,14H2,1-3H3,(H,22,24). The van der Waals surface area contributed by atoms with Gasteiger partial charge in [0.1, 0.15) is 11.3 Å². The average molecular weight is 401 g/mol. The Labute approximate surface area is 165 Å². The van der Waals surface area contributed by atoms with Crippen LogP contribution in [0, 0.1) is 0 Å². The number of carbonyl (C=O) groups excluding carboxylic acids is 1. The van der Waals surface area contributed by atoms with Crippen molar-refractivity contribution in [3.05, 3.63) is 59.9 Å². The normalized spacial score (nSPS) is 11.5. The van der Waals surface area contributed by atoms with Gasteiger partial charge >= 0.3 is 6.03 Å². The van der Waals surface area contributed by atoms with Crippen LogP contribution in [-0.2, 0) is 22.8 Å².